The molecule has 0 saturated carbocycles. The monoisotopic (exact) mass is 325 g/mol. The molecular formula is C13H13BrClN3. The van der Waals surface area contributed by atoms with Crippen LogP contribution in [-0.4, -0.2) is 9.97 Å². The quantitative estimate of drug-likeness (QED) is 0.851. The highest BCUT2D eigenvalue weighted by Gasteiger charge is 2.10. The van der Waals surface area contributed by atoms with E-state index in [-0.39, 0.29) is 6.04 Å². The Balaban J connectivity index is 2.21. The van der Waals surface area contributed by atoms with E-state index in [9.17, 15) is 0 Å². The predicted molar refractivity (Wildman–Crippen MR) is 78.0 cm³/mol. The Morgan fingerprint density at radius 2 is 2.00 bits per heavy atom. The summed E-state index contributed by atoms with van der Waals surface area (Å²) in [5, 5.41) is 3.76. The van der Waals surface area contributed by atoms with Gasteiger partial charge in [0.2, 0.25) is 0 Å². The molecule has 0 radical (unpaired) electrons. The van der Waals surface area contributed by atoms with Gasteiger partial charge < -0.3 is 5.32 Å². The Kier molecular flexibility index (Phi) is 4.19. The molecule has 5 heteroatoms. The van der Waals surface area contributed by atoms with Crippen LogP contribution in [0, 0.1) is 6.92 Å². The van der Waals surface area contributed by atoms with E-state index in [0.29, 0.717) is 11.0 Å². The average molecular weight is 327 g/mol. The van der Waals surface area contributed by atoms with Gasteiger partial charge in [0.25, 0.3) is 0 Å². The lowest BCUT2D eigenvalue weighted by Gasteiger charge is -2.16. The van der Waals surface area contributed by atoms with Gasteiger partial charge in [-0.15, -0.1) is 0 Å². The smallest absolute Gasteiger partial charge is 0.134 e. The van der Waals surface area contributed by atoms with Gasteiger partial charge in [0.15, 0.2) is 0 Å². The zero-order valence-corrected chi connectivity index (χ0v) is 12.5. The van der Waals surface area contributed by atoms with Gasteiger partial charge in [-0.1, -0.05) is 45.7 Å². The third-order valence-corrected chi connectivity index (χ3v) is 3.46. The maximum atomic E-state index is 5.91. The van der Waals surface area contributed by atoms with E-state index in [1.54, 1.807) is 6.07 Å². The minimum atomic E-state index is 0.131. The molecule has 1 aromatic heterocycles. The van der Waals surface area contributed by atoms with Gasteiger partial charge in [0.05, 0.1) is 6.04 Å². The summed E-state index contributed by atoms with van der Waals surface area (Å²) in [7, 11) is 0. The fraction of sp³-hybridized carbons (Fsp3) is 0.231. The number of nitrogens with zero attached hydrogens (tertiary/aromatic N) is 2. The first-order valence-corrected chi connectivity index (χ1v) is 6.75. The van der Waals surface area contributed by atoms with Crippen LogP contribution in [0.1, 0.15) is 24.4 Å². The van der Waals surface area contributed by atoms with Crippen LogP contribution in [0.5, 0.6) is 0 Å². The Labute approximate surface area is 120 Å². The van der Waals surface area contributed by atoms with Crippen molar-refractivity contribution in [1.29, 1.82) is 0 Å². The molecule has 0 bridgehead atoms. The topological polar surface area (TPSA) is 37.8 Å². The summed E-state index contributed by atoms with van der Waals surface area (Å²) in [5.74, 6) is 1.39. The highest BCUT2D eigenvalue weighted by atomic mass is 79.9. The minimum absolute atomic E-state index is 0.131. The van der Waals surface area contributed by atoms with Crippen molar-refractivity contribution in [3.63, 3.8) is 0 Å². The normalized spacial score (nSPS) is 12.2. The molecule has 0 aliphatic carbocycles. The number of halogens is 2. The van der Waals surface area contributed by atoms with E-state index < -0.39 is 0 Å². The number of benzene rings is 1. The number of rotatable bonds is 3. The van der Waals surface area contributed by atoms with Crippen LogP contribution in [0.3, 0.4) is 0 Å². The van der Waals surface area contributed by atoms with Crippen molar-refractivity contribution >= 4 is 33.3 Å². The van der Waals surface area contributed by atoms with Gasteiger partial charge in [0, 0.05) is 10.5 Å². The Morgan fingerprint density at radius 1 is 1.28 bits per heavy atom. The van der Waals surface area contributed by atoms with Gasteiger partial charge in [-0.25, -0.2) is 9.97 Å². The molecule has 94 valence electrons. The molecule has 0 fully saturated rings. The van der Waals surface area contributed by atoms with Crippen LogP contribution in [0.15, 0.2) is 34.8 Å². The summed E-state index contributed by atoms with van der Waals surface area (Å²) >= 11 is 9.45. The summed E-state index contributed by atoms with van der Waals surface area (Å²) in [5.41, 5.74) is 1.17. The van der Waals surface area contributed by atoms with Gasteiger partial charge >= 0.3 is 0 Å². The van der Waals surface area contributed by atoms with Crippen molar-refractivity contribution in [3.05, 3.63) is 51.3 Å². The van der Waals surface area contributed by atoms with Crippen molar-refractivity contribution in [3.8, 4) is 0 Å². The van der Waals surface area contributed by atoms with Crippen molar-refractivity contribution < 1.29 is 0 Å². The largest absolute Gasteiger partial charge is 0.363 e. The highest BCUT2D eigenvalue weighted by molar-refractivity contribution is 9.10. The minimum Gasteiger partial charge on any atom is -0.363 e. The molecule has 0 amide bonds. The number of aryl methyl sites for hydroxylation is 1. The zero-order chi connectivity index (χ0) is 13.1. The second-order valence-electron chi connectivity index (χ2n) is 4.01. The first kappa shape index (κ1) is 13.3. The lowest BCUT2D eigenvalue weighted by Crippen LogP contribution is -2.09. The van der Waals surface area contributed by atoms with E-state index in [1.165, 1.54) is 5.56 Å². The lowest BCUT2D eigenvalue weighted by molar-refractivity contribution is 0.862. The molecular weight excluding hydrogens is 314 g/mol. The number of aromatic nitrogens is 2. The zero-order valence-electron chi connectivity index (χ0n) is 10.1. The Bertz CT molecular complexity index is 539. The molecule has 2 aromatic rings. The van der Waals surface area contributed by atoms with Crippen LogP contribution in [0.4, 0.5) is 5.82 Å². The maximum absolute atomic E-state index is 5.91. The third-order valence-electron chi connectivity index (χ3n) is 2.54. The molecule has 0 aliphatic heterocycles. The molecule has 0 aliphatic rings. The molecule has 1 atom stereocenters. The van der Waals surface area contributed by atoms with Crippen LogP contribution in [0.25, 0.3) is 0 Å². The van der Waals surface area contributed by atoms with Crippen molar-refractivity contribution in [2.24, 2.45) is 0 Å². The molecule has 18 heavy (non-hydrogen) atoms. The standard InChI is InChI=1S/C13H13BrClN3/c1-8(10-5-3-4-6-11(10)14)16-13-7-12(15)17-9(2)18-13/h3-8H,1-2H3,(H,16,17,18). The van der Waals surface area contributed by atoms with E-state index >= 15 is 0 Å². The van der Waals surface area contributed by atoms with Crippen molar-refractivity contribution in [2.75, 3.05) is 5.32 Å². The number of anilines is 1. The SMILES string of the molecule is Cc1nc(Cl)cc(NC(C)c2ccccc2Br)n1. The van der Waals surface area contributed by atoms with Gasteiger partial charge in [-0.3, -0.25) is 0 Å². The molecule has 0 saturated heterocycles. The molecule has 0 spiro atoms. The summed E-state index contributed by atoms with van der Waals surface area (Å²) < 4.78 is 1.07. The predicted octanol–water partition coefficient (Wildman–Crippen LogP) is 4.37. The summed E-state index contributed by atoms with van der Waals surface area (Å²) in [6.07, 6.45) is 0. The summed E-state index contributed by atoms with van der Waals surface area (Å²) in [6.45, 7) is 3.89. The fourth-order valence-corrected chi connectivity index (χ4v) is 2.58. The van der Waals surface area contributed by atoms with E-state index in [1.807, 2.05) is 25.1 Å². The fourth-order valence-electron chi connectivity index (χ4n) is 1.73. The second-order valence-corrected chi connectivity index (χ2v) is 5.25. The highest BCUT2D eigenvalue weighted by Crippen LogP contribution is 2.25. The third kappa shape index (κ3) is 3.21. The van der Waals surface area contributed by atoms with Crippen molar-refractivity contribution in [1.82, 2.24) is 9.97 Å². The Hall–Kier alpha value is -1.13. The molecule has 3 nitrogen and oxygen atoms in total. The van der Waals surface area contributed by atoms with E-state index in [2.05, 4.69) is 44.2 Å². The average Bonchev–Trinajstić information content (AvgIpc) is 2.27. The molecule has 1 aromatic carbocycles. The van der Waals surface area contributed by atoms with Gasteiger partial charge in [0.1, 0.15) is 16.8 Å². The van der Waals surface area contributed by atoms with Gasteiger partial charge in [-0.2, -0.15) is 0 Å². The summed E-state index contributed by atoms with van der Waals surface area (Å²) in [6, 6.07) is 9.94. The first-order valence-electron chi connectivity index (χ1n) is 5.58. The second kappa shape index (κ2) is 5.67. The molecule has 1 unspecified atom stereocenters. The molecule has 1 N–H and O–H groups in total. The van der Waals surface area contributed by atoms with E-state index in [0.717, 1.165) is 10.3 Å². The summed E-state index contributed by atoms with van der Waals surface area (Å²) in [4.78, 5) is 8.34. The maximum Gasteiger partial charge on any atom is 0.134 e. The van der Waals surface area contributed by atoms with Crippen LogP contribution < -0.4 is 5.32 Å². The number of hydrogen-bond acceptors (Lipinski definition) is 3. The van der Waals surface area contributed by atoms with E-state index in [4.69, 9.17) is 11.6 Å². The molecule has 1 heterocycles. The number of hydrogen-bond donors (Lipinski definition) is 1. The van der Waals surface area contributed by atoms with Crippen molar-refractivity contribution in [2.45, 2.75) is 19.9 Å². The molecule has 2 rings (SSSR count). The lowest BCUT2D eigenvalue weighted by atomic mass is 10.1. The van der Waals surface area contributed by atoms with Gasteiger partial charge in [-0.05, 0) is 25.5 Å². The van der Waals surface area contributed by atoms with Crippen LogP contribution in [0.2, 0.25) is 5.15 Å². The van der Waals surface area contributed by atoms with Crippen LogP contribution >= 0.6 is 27.5 Å². The first-order chi connectivity index (χ1) is 8.56. The Morgan fingerprint density at radius 3 is 2.67 bits per heavy atom. The van der Waals surface area contributed by atoms with Crippen LogP contribution in [-0.2, 0) is 0 Å². The number of nitrogens with one attached hydrogen (secondary N) is 1.